The van der Waals surface area contributed by atoms with E-state index >= 15 is 4.39 Å². The van der Waals surface area contributed by atoms with Gasteiger partial charge in [-0.25, -0.2) is 23.1 Å². The van der Waals surface area contributed by atoms with Crippen molar-refractivity contribution in [3.63, 3.8) is 0 Å². The molecule has 1 saturated heterocycles. The third kappa shape index (κ3) is 4.51. The van der Waals surface area contributed by atoms with E-state index in [-0.39, 0.29) is 52.5 Å². The number of phenols is 1. The highest BCUT2D eigenvalue weighted by molar-refractivity contribution is 6.39. The van der Waals surface area contributed by atoms with Gasteiger partial charge >= 0.3 is 5.69 Å². The summed E-state index contributed by atoms with van der Waals surface area (Å²) in [4.78, 5) is 59.3. The molecule has 3 aromatic heterocycles. The van der Waals surface area contributed by atoms with Gasteiger partial charge in [-0.05, 0) is 49.6 Å². The zero-order valence-electron chi connectivity index (χ0n) is 25.7. The molecule has 0 radical (unpaired) electrons. The molecule has 2 unspecified atom stereocenters. The molecule has 4 aromatic rings. The van der Waals surface area contributed by atoms with Crippen LogP contribution in [-0.2, 0) is 9.59 Å². The fourth-order valence-corrected chi connectivity index (χ4v) is 6.75. The number of aromatic nitrogens is 4. The van der Waals surface area contributed by atoms with Crippen LogP contribution >= 0.6 is 11.6 Å². The van der Waals surface area contributed by atoms with Gasteiger partial charge < -0.3 is 19.8 Å². The van der Waals surface area contributed by atoms with Gasteiger partial charge in [-0.3, -0.25) is 14.6 Å². The molecule has 1 fully saturated rings. The maximum Gasteiger partial charge on any atom is 0.355 e. The van der Waals surface area contributed by atoms with Crippen molar-refractivity contribution in [1.29, 1.82) is 0 Å². The molecular formula is C32H30ClF2N7O4. The lowest BCUT2D eigenvalue weighted by Crippen LogP contribution is -2.63. The number of benzene rings is 1. The van der Waals surface area contributed by atoms with E-state index in [0.717, 1.165) is 18.2 Å². The van der Waals surface area contributed by atoms with Crippen LogP contribution in [0.5, 0.6) is 5.75 Å². The number of piperazine rings is 1. The number of likely N-dealkylation sites (N-methyl/N-ethyl adjacent to an activating group) is 1. The van der Waals surface area contributed by atoms with Crippen LogP contribution in [0.2, 0.25) is 5.02 Å². The number of hydrogen-bond donors (Lipinski definition) is 1. The molecular weight excluding hydrogens is 620 g/mol. The highest BCUT2D eigenvalue weighted by atomic mass is 35.5. The summed E-state index contributed by atoms with van der Waals surface area (Å²) in [6.45, 7) is 11.1. The minimum atomic E-state index is -1.42. The number of carbonyl (C=O) groups is 2. The van der Waals surface area contributed by atoms with E-state index in [0.29, 0.717) is 16.9 Å². The van der Waals surface area contributed by atoms with Crippen molar-refractivity contribution in [2.24, 2.45) is 0 Å². The average Bonchev–Trinajstić information content (AvgIpc) is 3.10. The first-order valence-corrected chi connectivity index (χ1v) is 14.9. The van der Waals surface area contributed by atoms with Gasteiger partial charge in [0.15, 0.2) is 17.3 Å². The van der Waals surface area contributed by atoms with Gasteiger partial charge in [0.2, 0.25) is 5.91 Å². The number of aryl methyl sites for hydroxylation is 1. The van der Waals surface area contributed by atoms with Crippen LogP contribution in [0.15, 0.2) is 41.8 Å². The Hall–Kier alpha value is -4.91. The van der Waals surface area contributed by atoms with Crippen molar-refractivity contribution < 1.29 is 23.5 Å². The number of hydrogen-bond acceptors (Lipinski definition) is 8. The van der Waals surface area contributed by atoms with Crippen molar-refractivity contribution in [3.8, 4) is 22.7 Å². The number of anilines is 2. The lowest BCUT2D eigenvalue weighted by Gasteiger charge is -2.45. The molecule has 2 aliphatic rings. The monoisotopic (exact) mass is 649 g/mol. The molecule has 2 amide bonds. The number of aromatic hydroxyl groups is 1. The largest absolute Gasteiger partial charge is 0.507 e. The van der Waals surface area contributed by atoms with Crippen molar-refractivity contribution in [2.75, 3.05) is 29.9 Å². The second kappa shape index (κ2) is 11.2. The molecule has 5 heterocycles. The van der Waals surface area contributed by atoms with Crippen molar-refractivity contribution in [2.45, 2.75) is 45.7 Å². The first-order valence-electron chi connectivity index (χ1n) is 14.5. The molecule has 0 spiro atoms. The zero-order valence-corrected chi connectivity index (χ0v) is 26.4. The number of phenolic OH excluding ortho intramolecular Hbond substituents is 1. The molecule has 1 N–H and O–H groups in total. The van der Waals surface area contributed by atoms with Crippen LogP contribution in [0.1, 0.15) is 37.9 Å². The molecule has 2 aliphatic heterocycles. The number of fused-ring (bicyclic) bond motifs is 2. The highest BCUT2D eigenvalue weighted by Crippen LogP contribution is 2.48. The third-order valence-corrected chi connectivity index (χ3v) is 8.89. The van der Waals surface area contributed by atoms with Crippen LogP contribution in [0.3, 0.4) is 0 Å². The van der Waals surface area contributed by atoms with Crippen molar-refractivity contribution in [1.82, 2.24) is 24.4 Å². The molecule has 6 rings (SSSR count). The van der Waals surface area contributed by atoms with E-state index in [2.05, 4.69) is 21.5 Å². The molecule has 0 bridgehead atoms. The molecule has 238 valence electrons. The summed E-state index contributed by atoms with van der Waals surface area (Å²) in [5.41, 5.74) is -0.299. The number of pyridine rings is 2. The molecule has 46 heavy (non-hydrogen) atoms. The van der Waals surface area contributed by atoms with Gasteiger partial charge in [0.05, 0.1) is 39.6 Å². The lowest BCUT2D eigenvalue weighted by atomic mass is 10.0. The quantitative estimate of drug-likeness (QED) is 0.321. The van der Waals surface area contributed by atoms with E-state index in [4.69, 9.17) is 11.6 Å². The molecule has 0 saturated carbocycles. The fraction of sp³-hybridized carbons (Fsp3) is 0.312. The topological polar surface area (TPSA) is 125 Å². The Morgan fingerprint density at radius 3 is 2.54 bits per heavy atom. The van der Waals surface area contributed by atoms with E-state index in [1.54, 1.807) is 31.0 Å². The molecule has 0 aliphatic carbocycles. The minimum absolute atomic E-state index is 0.0156. The summed E-state index contributed by atoms with van der Waals surface area (Å²) in [6.07, 6.45) is 2.77. The Kier molecular flexibility index (Phi) is 7.54. The van der Waals surface area contributed by atoms with Gasteiger partial charge in [0, 0.05) is 25.8 Å². The first-order chi connectivity index (χ1) is 21.8. The Bertz CT molecular complexity index is 2050. The normalized spacial score (nSPS) is 17.8. The molecule has 14 heteroatoms. The Balaban J connectivity index is 1.81. The first kappa shape index (κ1) is 31.1. The second-order valence-corrected chi connectivity index (χ2v) is 12.1. The average molecular weight is 650 g/mol. The summed E-state index contributed by atoms with van der Waals surface area (Å²) < 4.78 is 31.3. The predicted octanol–water partition coefficient (Wildman–Crippen LogP) is 4.48. The van der Waals surface area contributed by atoms with Crippen LogP contribution in [-0.4, -0.2) is 73.6 Å². The molecule has 1 aromatic carbocycles. The standard InChI is InChI=1S/C32H30ClF2N7O4/c1-7-20(44)40-12-16(5)41-18(13-40)31(45)39(6)28-22-29(37-26(23(28)33)21-19(43)9-8-17(34)24(21)35)42(32(46)38-30(22)41)27-15(4)10-11-36-25(27)14(2)3/h7-11,14,16,18,43H,1,12-13H2,2-6H3. The molecule has 2 atom stereocenters. The SMILES string of the molecule is C=CC(=O)N1CC(C)N2c3nc(=O)n(-c4c(C)ccnc4C(C)C)c4nc(-c5c(O)ccc(F)c5F)c(Cl)c(c34)N(C)C(=O)C2C1. The van der Waals surface area contributed by atoms with Crippen LogP contribution in [0, 0.1) is 18.6 Å². The predicted molar refractivity (Wildman–Crippen MR) is 170 cm³/mol. The van der Waals surface area contributed by atoms with Gasteiger partial charge in [0.25, 0.3) is 5.91 Å². The van der Waals surface area contributed by atoms with E-state index < -0.39 is 52.3 Å². The highest BCUT2D eigenvalue weighted by Gasteiger charge is 2.45. The minimum Gasteiger partial charge on any atom is -0.507 e. The summed E-state index contributed by atoms with van der Waals surface area (Å²) in [7, 11) is 1.45. The van der Waals surface area contributed by atoms with E-state index in [1.807, 2.05) is 13.8 Å². The fourth-order valence-electron chi connectivity index (χ4n) is 6.39. The van der Waals surface area contributed by atoms with E-state index in [9.17, 15) is 23.9 Å². The summed E-state index contributed by atoms with van der Waals surface area (Å²) in [6, 6.07) is 1.93. The van der Waals surface area contributed by atoms with Gasteiger partial charge in [-0.2, -0.15) is 4.98 Å². The maximum atomic E-state index is 15.4. The summed E-state index contributed by atoms with van der Waals surface area (Å²) in [5, 5.41) is 10.7. The number of halogens is 3. The number of amides is 2. The Morgan fingerprint density at radius 2 is 1.87 bits per heavy atom. The number of nitrogens with zero attached hydrogens (tertiary/aromatic N) is 7. The number of carbonyl (C=O) groups excluding carboxylic acids is 2. The second-order valence-electron chi connectivity index (χ2n) is 11.8. The Labute approximate surface area is 267 Å². The van der Waals surface area contributed by atoms with Gasteiger partial charge in [-0.1, -0.05) is 32.0 Å². The number of rotatable bonds is 4. The zero-order chi connectivity index (χ0) is 33.4. The van der Waals surface area contributed by atoms with Crippen LogP contribution in [0.4, 0.5) is 20.3 Å². The Morgan fingerprint density at radius 1 is 1.15 bits per heavy atom. The summed E-state index contributed by atoms with van der Waals surface area (Å²) in [5.74, 6) is -4.29. The van der Waals surface area contributed by atoms with Gasteiger partial charge in [0.1, 0.15) is 23.3 Å². The van der Waals surface area contributed by atoms with Crippen molar-refractivity contribution >= 4 is 46.0 Å². The van der Waals surface area contributed by atoms with E-state index in [1.165, 1.54) is 21.4 Å². The summed E-state index contributed by atoms with van der Waals surface area (Å²) >= 11 is 6.96. The smallest absolute Gasteiger partial charge is 0.355 e. The third-order valence-electron chi connectivity index (χ3n) is 8.53. The van der Waals surface area contributed by atoms with Crippen LogP contribution in [0.25, 0.3) is 28.0 Å². The lowest BCUT2D eigenvalue weighted by molar-refractivity contribution is -0.129. The maximum absolute atomic E-state index is 15.4. The van der Waals surface area contributed by atoms with Gasteiger partial charge in [-0.15, -0.1) is 0 Å². The van der Waals surface area contributed by atoms with Crippen LogP contribution < -0.4 is 15.5 Å². The van der Waals surface area contributed by atoms with Crippen molar-refractivity contribution in [3.05, 3.63) is 75.4 Å². The molecule has 11 nitrogen and oxygen atoms in total.